The molecule has 136 valence electrons. The largest absolute Gasteiger partial charge is 0.355 e. The van der Waals surface area contributed by atoms with Crippen LogP contribution in [0.25, 0.3) is 0 Å². The van der Waals surface area contributed by atoms with Crippen LogP contribution in [0.3, 0.4) is 0 Å². The van der Waals surface area contributed by atoms with E-state index in [1.165, 1.54) is 11.1 Å². The van der Waals surface area contributed by atoms with Gasteiger partial charge in [0.25, 0.3) is 0 Å². The molecular formula is C21H26N4O. The number of fused-ring (bicyclic) bond motifs is 1. The summed E-state index contributed by atoms with van der Waals surface area (Å²) in [6.07, 6.45) is 2.59. The minimum absolute atomic E-state index is 0.281. The summed E-state index contributed by atoms with van der Waals surface area (Å²) < 4.78 is 0. The standard InChI is InChI=1S/C21H26N4O/c1-3-24-15-18-7-5-4-6-17(18)14-21(20(24)26)10-12-25(13-11-21)19-9-8-16(2)22-23-19/h4-9H,3,10-15H2,1-2H3. The normalized spacial score (nSPS) is 19.4. The Morgan fingerprint density at radius 3 is 2.42 bits per heavy atom. The van der Waals surface area contributed by atoms with Gasteiger partial charge in [-0.2, -0.15) is 5.10 Å². The SMILES string of the molecule is CCN1Cc2ccccc2CC2(CCN(c3ccc(C)nn3)CC2)C1=O. The number of aryl methyl sites for hydroxylation is 1. The van der Waals surface area contributed by atoms with Crippen molar-refractivity contribution in [2.45, 2.75) is 39.7 Å². The summed E-state index contributed by atoms with van der Waals surface area (Å²) in [5.41, 5.74) is 3.28. The van der Waals surface area contributed by atoms with Crippen LogP contribution < -0.4 is 4.90 Å². The number of carbonyl (C=O) groups is 1. The molecule has 1 saturated heterocycles. The fourth-order valence-corrected chi connectivity index (χ4v) is 4.31. The molecule has 0 radical (unpaired) electrons. The van der Waals surface area contributed by atoms with Gasteiger partial charge in [0.2, 0.25) is 5.91 Å². The van der Waals surface area contributed by atoms with Gasteiger partial charge < -0.3 is 9.80 Å². The zero-order chi connectivity index (χ0) is 18.1. The van der Waals surface area contributed by atoms with Gasteiger partial charge in [-0.05, 0) is 56.4 Å². The molecule has 2 aliphatic heterocycles. The molecule has 0 aliphatic carbocycles. The highest BCUT2D eigenvalue weighted by Crippen LogP contribution is 2.41. The third kappa shape index (κ3) is 2.96. The number of hydrogen-bond acceptors (Lipinski definition) is 4. The smallest absolute Gasteiger partial charge is 0.229 e. The van der Waals surface area contributed by atoms with E-state index in [1.54, 1.807) is 0 Å². The van der Waals surface area contributed by atoms with Crippen LogP contribution in [0.5, 0.6) is 0 Å². The van der Waals surface area contributed by atoms with Gasteiger partial charge in [-0.15, -0.1) is 5.10 Å². The molecular weight excluding hydrogens is 324 g/mol. The van der Waals surface area contributed by atoms with Gasteiger partial charge in [-0.25, -0.2) is 0 Å². The average Bonchev–Trinajstić information content (AvgIpc) is 2.78. The summed E-state index contributed by atoms with van der Waals surface area (Å²) in [6.45, 7) is 7.23. The summed E-state index contributed by atoms with van der Waals surface area (Å²) >= 11 is 0. The van der Waals surface area contributed by atoms with Crippen LogP contribution in [-0.4, -0.2) is 40.6 Å². The van der Waals surface area contributed by atoms with Crippen molar-refractivity contribution in [3.05, 3.63) is 53.2 Å². The van der Waals surface area contributed by atoms with E-state index in [0.29, 0.717) is 5.91 Å². The van der Waals surface area contributed by atoms with E-state index in [-0.39, 0.29) is 5.41 Å². The molecule has 3 heterocycles. The number of aromatic nitrogens is 2. The van der Waals surface area contributed by atoms with Gasteiger partial charge in [-0.3, -0.25) is 4.79 Å². The highest BCUT2D eigenvalue weighted by molar-refractivity contribution is 5.84. The van der Waals surface area contributed by atoms with E-state index in [1.807, 2.05) is 24.0 Å². The lowest BCUT2D eigenvalue weighted by molar-refractivity contribution is -0.143. The van der Waals surface area contributed by atoms with E-state index in [4.69, 9.17) is 0 Å². The molecule has 0 bridgehead atoms. The quantitative estimate of drug-likeness (QED) is 0.835. The van der Waals surface area contributed by atoms with Crippen molar-refractivity contribution in [1.29, 1.82) is 0 Å². The molecule has 26 heavy (non-hydrogen) atoms. The number of piperidine rings is 1. The van der Waals surface area contributed by atoms with Crippen molar-refractivity contribution in [2.24, 2.45) is 5.41 Å². The number of anilines is 1. The molecule has 0 unspecified atom stereocenters. The van der Waals surface area contributed by atoms with Crippen LogP contribution >= 0.6 is 0 Å². The van der Waals surface area contributed by atoms with E-state index >= 15 is 0 Å². The number of amides is 1. The summed E-state index contributed by atoms with van der Waals surface area (Å²) in [4.78, 5) is 17.7. The van der Waals surface area contributed by atoms with Crippen molar-refractivity contribution in [3.8, 4) is 0 Å². The maximum Gasteiger partial charge on any atom is 0.229 e. The van der Waals surface area contributed by atoms with Gasteiger partial charge in [0, 0.05) is 26.2 Å². The van der Waals surface area contributed by atoms with Crippen molar-refractivity contribution < 1.29 is 4.79 Å². The predicted octanol–water partition coefficient (Wildman–Crippen LogP) is 2.98. The Hall–Kier alpha value is -2.43. The third-order valence-corrected chi connectivity index (χ3v) is 5.96. The topological polar surface area (TPSA) is 49.3 Å². The van der Waals surface area contributed by atoms with Gasteiger partial charge in [0.05, 0.1) is 11.1 Å². The fraction of sp³-hybridized carbons (Fsp3) is 0.476. The first kappa shape index (κ1) is 17.0. The molecule has 4 rings (SSSR count). The third-order valence-electron chi connectivity index (χ3n) is 5.96. The second-order valence-electron chi connectivity index (χ2n) is 7.57. The Balaban J connectivity index is 1.59. The van der Waals surface area contributed by atoms with Crippen LogP contribution in [0.1, 0.15) is 36.6 Å². The summed E-state index contributed by atoms with van der Waals surface area (Å²) in [5, 5.41) is 8.50. The van der Waals surface area contributed by atoms with Crippen molar-refractivity contribution in [2.75, 3.05) is 24.5 Å². The fourth-order valence-electron chi connectivity index (χ4n) is 4.31. The Morgan fingerprint density at radius 1 is 1.04 bits per heavy atom. The van der Waals surface area contributed by atoms with Gasteiger partial charge in [-0.1, -0.05) is 24.3 Å². The minimum Gasteiger partial charge on any atom is -0.355 e. The first-order chi connectivity index (χ1) is 12.6. The van der Waals surface area contributed by atoms with Crippen molar-refractivity contribution in [1.82, 2.24) is 15.1 Å². The molecule has 5 heteroatoms. The number of rotatable bonds is 2. The van der Waals surface area contributed by atoms with Gasteiger partial charge in [0.1, 0.15) is 0 Å². The highest BCUT2D eigenvalue weighted by Gasteiger charge is 2.45. The lowest BCUT2D eigenvalue weighted by Crippen LogP contribution is -2.50. The molecule has 0 N–H and O–H groups in total. The Labute approximate surface area is 155 Å². The zero-order valence-corrected chi connectivity index (χ0v) is 15.6. The molecule has 0 saturated carbocycles. The zero-order valence-electron chi connectivity index (χ0n) is 15.6. The Morgan fingerprint density at radius 2 is 1.77 bits per heavy atom. The van der Waals surface area contributed by atoms with Crippen LogP contribution in [0, 0.1) is 12.3 Å². The first-order valence-electron chi connectivity index (χ1n) is 9.53. The molecule has 1 fully saturated rings. The highest BCUT2D eigenvalue weighted by atomic mass is 16.2. The second kappa shape index (κ2) is 6.71. The summed E-state index contributed by atoms with van der Waals surface area (Å²) in [5.74, 6) is 1.24. The lowest BCUT2D eigenvalue weighted by Gasteiger charge is -2.42. The van der Waals surface area contributed by atoms with Crippen LogP contribution in [-0.2, 0) is 17.8 Å². The maximum atomic E-state index is 13.4. The van der Waals surface area contributed by atoms with Crippen molar-refractivity contribution >= 4 is 11.7 Å². The van der Waals surface area contributed by atoms with E-state index in [0.717, 1.165) is 57.0 Å². The average molecular weight is 350 g/mol. The number of nitrogens with zero attached hydrogens (tertiary/aromatic N) is 4. The Kier molecular flexibility index (Phi) is 4.39. The molecule has 1 aromatic heterocycles. The number of benzene rings is 1. The second-order valence-corrected chi connectivity index (χ2v) is 7.57. The van der Waals surface area contributed by atoms with Gasteiger partial charge in [0.15, 0.2) is 5.82 Å². The van der Waals surface area contributed by atoms with Crippen LogP contribution in [0.15, 0.2) is 36.4 Å². The maximum absolute atomic E-state index is 13.4. The Bertz CT molecular complexity index is 794. The van der Waals surface area contributed by atoms with Crippen LogP contribution in [0.2, 0.25) is 0 Å². The van der Waals surface area contributed by atoms with Crippen molar-refractivity contribution in [3.63, 3.8) is 0 Å². The summed E-state index contributed by atoms with van der Waals surface area (Å²) in [6, 6.07) is 12.6. The van der Waals surface area contributed by atoms with E-state index in [2.05, 4.69) is 46.3 Å². The molecule has 0 atom stereocenters. The predicted molar refractivity (Wildman–Crippen MR) is 102 cm³/mol. The molecule has 2 aromatic rings. The molecule has 1 aromatic carbocycles. The van der Waals surface area contributed by atoms with Gasteiger partial charge >= 0.3 is 0 Å². The molecule has 1 spiro atoms. The molecule has 2 aliphatic rings. The van der Waals surface area contributed by atoms with Crippen LogP contribution in [0.4, 0.5) is 5.82 Å². The summed E-state index contributed by atoms with van der Waals surface area (Å²) in [7, 11) is 0. The van der Waals surface area contributed by atoms with E-state index in [9.17, 15) is 4.79 Å². The van der Waals surface area contributed by atoms with E-state index < -0.39 is 0 Å². The first-order valence-corrected chi connectivity index (χ1v) is 9.53. The number of carbonyl (C=O) groups excluding carboxylic acids is 1. The minimum atomic E-state index is -0.281. The molecule has 1 amide bonds. The number of hydrogen-bond donors (Lipinski definition) is 0. The molecule has 5 nitrogen and oxygen atoms in total. The monoisotopic (exact) mass is 350 g/mol. The lowest BCUT2D eigenvalue weighted by atomic mass is 9.73.